The molecule has 24 heavy (non-hydrogen) atoms. The summed E-state index contributed by atoms with van der Waals surface area (Å²) in [6, 6.07) is 15.8. The molecule has 0 unspecified atom stereocenters. The molecule has 0 bridgehead atoms. The molecule has 1 N–H and O–H groups in total. The van der Waals surface area contributed by atoms with Crippen LogP contribution in [0.25, 0.3) is 22.7 Å². The highest BCUT2D eigenvalue weighted by molar-refractivity contribution is 6.38. The van der Waals surface area contributed by atoms with Crippen molar-refractivity contribution in [3.8, 4) is 23.7 Å². The zero-order valence-corrected chi connectivity index (χ0v) is 13.7. The van der Waals surface area contributed by atoms with Crippen LogP contribution in [-0.2, 0) is 0 Å². The lowest BCUT2D eigenvalue weighted by atomic mass is 10.1. The van der Waals surface area contributed by atoms with Gasteiger partial charge in [-0.1, -0.05) is 47.5 Å². The lowest BCUT2D eigenvalue weighted by Gasteiger charge is -2.11. The highest BCUT2D eigenvalue weighted by atomic mass is 35.5. The van der Waals surface area contributed by atoms with Gasteiger partial charge in [0.15, 0.2) is 0 Å². The molecule has 0 radical (unpaired) electrons. The third-order valence-electron chi connectivity index (χ3n) is 3.58. The predicted octanol–water partition coefficient (Wildman–Crippen LogP) is 5.07. The number of allylic oxidation sites excluding steroid dienone is 1. The number of para-hydroxylation sites is 2. The summed E-state index contributed by atoms with van der Waals surface area (Å²) in [5, 5.41) is 30.1. The minimum atomic E-state index is -0.144. The first-order chi connectivity index (χ1) is 11.6. The fourth-order valence-electron chi connectivity index (χ4n) is 2.56. The van der Waals surface area contributed by atoms with Gasteiger partial charge in [-0.2, -0.15) is 10.5 Å². The number of aromatic nitrogens is 1. The van der Waals surface area contributed by atoms with E-state index in [-0.39, 0.29) is 11.5 Å². The molecule has 3 aromatic rings. The molecule has 0 atom stereocenters. The topological polar surface area (TPSA) is 72.7 Å². The second kappa shape index (κ2) is 6.29. The van der Waals surface area contributed by atoms with Crippen LogP contribution in [0.15, 0.2) is 48.0 Å². The maximum Gasteiger partial charge on any atom is 0.204 e. The maximum absolute atomic E-state index is 10.7. The molecule has 3 rings (SSSR count). The Labute approximate surface area is 148 Å². The summed E-state index contributed by atoms with van der Waals surface area (Å²) in [7, 11) is 0. The smallest absolute Gasteiger partial charge is 0.204 e. The van der Waals surface area contributed by atoms with Crippen LogP contribution in [-0.4, -0.2) is 9.67 Å². The van der Waals surface area contributed by atoms with Gasteiger partial charge in [-0.25, -0.2) is 0 Å². The van der Waals surface area contributed by atoms with Crippen molar-refractivity contribution in [1.82, 2.24) is 4.57 Å². The van der Waals surface area contributed by atoms with Crippen molar-refractivity contribution in [3.05, 3.63) is 63.6 Å². The van der Waals surface area contributed by atoms with Gasteiger partial charge in [-0.3, -0.25) is 4.57 Å². The Bertz CT molecular complexity index is 1030. The lowest BCUT2D eigenvalue weighted by molar-refractivity contribution is 0.444. The molecule has 0 aliphatic carbocycles. The summed E-state index contributed by atoms with van der Waals surface area (Å²) in [6.45, 7) is 0. The van der Waals surface area contributed by atoms with Crippen molar-refractivity contribution in [3.63, 3.8) is 0 Å². The SMILES string of the molecule is N#CC(C#N)=Cc1c(O)n(-c2c(Cl)cccc2Cl)c2ccccc12. The summed E-state index contributed by atoms with van der Waals surface area (Å²) in [6.07, 6.45) is 1.35. The first kappa shape index (κ1) is 16.0. The molecular weight excluding hydrogens is 345 g/mol. The summed E-state index contributed by atoms with van der Waals surface area (Å²) in [5.41, 5.74) is 1.34. The molecule has 0 aliphatic heterocycles. The summed E-state index contributed by atoms with van der Waals surface area (Å²) >= 11 is 12.5. The van der Waals surface area contributed by atoms with Gasteiger partial charge in [-0.15, -0.1) is 0 Å². The zero-order chi connectivity index (χ0) is 17.3. The maximum atomic E-state index is 10.7. The number of benzene rings is 2. The van der Waals surface area contributed by atoms with Gasteiger partial charge >= 0.3 is 0 Å². The van der Waals surface area contributed by atoms with Gasteiger partial charge < -0.3 is 5.11 Å². The molecule has 116 valence electrons. The van der Waals surface area contributed by atoms with Crippen LogP contribution in [0.5, 0.6) is 5.88 Å². The first-order valence-corrected chi connectivity index (χ1v) is 7.62. The largest absolute Gasteiger partial charge is 0.494 e. The zero-order valence-electron chi connectivity index (χ0n) is 12.2. The second-order valence-corrected chi connectivity index (χ2v) is 5.76. The Morgan fingerprint density at radius 1 is 1.00 bits per heavy atom. The van der Waals surface area contributed by atoms with Crippen LogP contribution in [0, 0.1) is 22.7 Å². The number of hydrogen-bond acceptors (Lipinski definition) is 3. The van der Waals surface area contributed by atoms with Crippen molar-refractivity contribution >= 4 is 40.2 Å². The second-order valence-electron chi connectivity index (χ2n) is 4.94. The van der Waals surface area contributed by atoms with Gasteiger partial charge in [0.2, 0.25) is 5.88 Å². The highest BCUT2D eigenvalue weighted by Crippen LogP contribution is 2.40. The normalized spacial score (nSPS) is 10.2. The van der Waals surface area contributed by atoms with Crippen LogP contribution >= 0.6 is 23.2 Å². The molecular formula is C18H9Cl2N3O. The molecule has 2 aromatic carbocycles. The number of nitriles is 2. The van der Waals surface area contributed by atoms with Crippen LogP contribution in [0.2, 0.25) is 10.0 Å². The van der Waals surface area contributed by atoms with Crippen LogP contribution < -0.4 is 0 Å². The molecule has 0 saturated heterocycles. The van der Waals surface area contributed by atoms with E-state index in [4.69, 9.17) is 33.7 Å². The molecule has 0 fully saturated rings. The van der Waals surface area contributed by atoms with Crippen molar-refractivity contribution in [2.24, 2.45) is 0 Å². The molecule has 1 heterocycles. The third kappa shape index (κ3) is 2.49. The summed E-state index contributed by atoms with van der Waals surface area (Å²) in [4.78, 5) is 0. The quantitative estimate of drug-likeness (QED) is 0.653. The molecule has 6 heteroatoms. The first-order valence-electron chi connectivity index (χ1n) is 6.87. The van der Waals surface area contributed by atoms with E-state index in [2.05, 4.69) is 0 Å². The number of fused-ring (bicyclic) bond motifs is 1. The van der Waals surface area contributed by atoms with Crippen LogP contribution in [0.4, 0.5) is 0 Å². The number of rotatable bonds is 2. The Hall–Kier alpha value is -2.92. The number of aromatic hydroxyl groups is 1. The molecule has 0 aliphatic rings. The third-order valence-corrected chi connectivity index (χ3v) is 4.19. The van der Waals surface area contributed by atoms with Gasteiger partial charge in [-0.05, 0) is 24.3 Å². The lowest BCUT2D eigenvalue weighted by Crippen LogP contribution is -1.95. The Kier molecular flexibility index (Phi) is 4.18. The van der Waals surface area contributed by atoms with E-state index in [0.29, 0.717) is 32.2 Å². The van der Waals surface area contributed by atoms with Crippen LogP contribution in [0.1, 0.15) is 5.56 Å². The fourth-order valence-corrected chi connectivity index (χ4v) is 3.12. The molecule has 0 saturated carbocycles. The van der Waals surface area contributed by atoms with E-state index in [1.54, 1.807) is 48.5 Å². The van der Waals surface area contributed by atoms with E-state index < -0.39 is 0 Å². The molecule has 1 aromatic heterocycles. The van der Waals surface area contributed by atoms with Gasteiger partial charge in [0.25, 0.3) is 0 Å². The van der Waals surface area contributed by atoms with E-state index in [1.165, 1.54) is 10.6 Å². The van der Waals surface area contributed by atoms with E-state index >= 15 is 0 Å². The van der Waals surface area contributed by atoms with Crippen molar-refractivity contribution < 1.29 is 5.11 Å². The fraction of sp³-hybridized carbons (Fsp3) is 0. The Morgan fingerprint density at radius 3 is 2.25 bits per heavy atom. The van der Waals surface area contributed by atoms with E-state index in [1.807, 2.05) is 6.07 Å². The van der Waals surface area contributed by atoms with Gasteiger partial charge in [0.1, 0.15) is 17.7 Å². The number of hydrogen-bond donors (Lipinski definition) is 1. The van der Waals surface area contributed by atoms with Gasteiger partial charge in [0.05, 0.1) is 21.2 Å². The minimum absolute atomic E-state index is 0.113. The van der Waals surface area contributed by atoms with Crippen molar-refractivity contribution in [1.29, 1.82) is 10.5 Å². The Balaban J connectivity index is 2.45. The van der Waals surface area contributed by atoms with E-state index in [0.717, 1.165) is 0 Å². The average molecular weight is 354 g/mol. The molecule has 4 nitrogen and oxygen atoms in total. The minimum Gasteiger partial charge on any atom is -0.494 e. The van der Waals surface area contributed by atoms with E-state index in [9.17, 15) is 5.11 Å². The average Bonchev–Trinajstić information content (AvgIpc) is 2.85. The number of nitrogens with zero attached hydrogens (tertiary/aromatic N) is 3. The summed E-state index contributed by atoms with van der Waals surface area (Å²) in [5.74, 6) is -0.144. The highest BCUT2D eigenvalue weighted by Gasteiger charge is 2.20. The molecule has 0 spiro atoms. The number of halogens is 2. The monoisotopic (exact) mass is 353 g/mol. The predicted molar refractivity (Wildman–Crippen MR) is 94.2 cm³/mol. The van der Waals surface area contributed by atoms with Crippen molar-refractivity contribution in [2.75, 3.05) is 0 Å². The Morgan fingerprint density at radius 2 is 1.62 bits per heavy atom. The van der Waals surface area contributed by atoms with Crippen LogP contribution in [0.3, 0.4) is 0 Å². The molecule has 0 amide bonds. The standard InChI is InChI=1S/C18H9Cl2N3O/c19-14-5-3-6-15(20)17(14)23-16-7-2-1-4-12(16)13(18(23)24)8-11(9-21)10-22/h1-8,24H. The summed E-state index contributed by atoms with van der Waals surface area (Å²) < 4.78 is 1.51. The van der Waals surface area contributed by atoms with Gasteiger partial charge in [0, 0.05) is 10.9 Å². The van der Waals surface area contributed by atoms with Crippen molar-refractivity contribution in [2.45, 2.75) is 0 Å².